The van der Waals surface area contributed by atoms with Crippen molar-refractivity contribution in [2.75, 3.05) is 21.3 Å². The van der Waals surface area contributed by atoms with E-state index in [4.69, 9.17) is 23.7 Å². The van der Waals surface area contributed by atoms with Gasteiger partial charge in [0.1, 0.15) is 24.1 Å². The van der Waals surface area contributed by atoms with Crippen molar-refractivity contribution in [2.45, 2.75) is 37.6 Å². The van der Waals surface area contributed by atoms with E-state index in [9.17, 15) is 0 Å². The second-order valence-corrected chi connectivity index (χ2v) is 6.98. The van der Waals surface area contributed by atoms with Crippen molar-refractivity contribution in [3.05, 3.63) is 32.3 Å². The van der Waals surface area contributed by atoms with Crippen molar-refractivity contribution in [3.63, 3.8) is 0 Å². The lowest BCUT2D eigenvalue weighted by molar-refractivity contribution is -0.282. The number of rotatable bonds is 6. The molecule has 0 amide bonds. The third-order valence-electron chi connectivity index (χ3n) is 4.01. The number of ether oxygens (including phenoxy) is 5. The third-order valence-corrected chi connectivity index (χ3v) is 5.09. The second kappa shape index (κ2) is 9.49. The number of halogens is 2. The minimum atomic E-state index is -0.584. The largest absolute Gasteiger partial charge is 0.462 e. The van der Waals surface area contributed by atoms with E-state index < -0.39 is 12.4 Å². The SMILES string of the molecule is CO[C@@H]1[C@@H](OC)[C@H](C)O[C@@H](Oc2ccc(Br)c(/C=C\I)c2)[C@@H]1OC. The Morgan fingerprint density at radius 1 is 1.08 bits per heavy atom. The molecule has 134 valence electrons. The molecule has 1 aromatic rings. The molecule has 5 nitrogen and oxygen atoms in total. The van der Waals surface area contributed by atoms with Crippen molar-refractivity contribution in [1.82, 2.24) is 0 Å². The van der Waals surface area contributed by atoms with E-state index in [1.807, 2.05) is 35.3 Å². The van der Waals surface area contributed by atoms with Crippen LogP contribution in [-0.4, -0.2) is 52.0 Å². The zero-order chi connectivity index (χ0) is 17.7. The lowest BCUT2D eigenvalue weighted by atomic mass is 9.99. The third kappa shape index (κ3) is 4.50. The van der Waals surface area contributed by atoms with Crippen molar-refractivity contribution in [1.29, 1.82) is 0 Å². The van der Waals surface area contributed by atoms with Gasteiger partial charge in [-0.25, -0.2) is 0 Å². The van der Waals surface area contributed by atoms with E-state index in [-0.39, 0.29) is 18.3 Å². The maximum absolute atomic E-state index is 6.06. The summed E-state index contributed by atoms with van der Waals surface area (Å²) in [5, 5.41) is 0. The quantitative estimate of drug-likeness (QED) is 0.539. The summed E-state index contributed by atoms with van der Waals surface area (Å²) in [6, 6.07) is 5.78. The van der Waals surface area contributed by atoms with E-state index >= 15 is 0 Å². The van der Waals surface area contributed by atoms with Crippen LogP contribution in [0.25, 0.3) is 6.08 Å². The monoisotopic (exact) mass is 512 g/mol. The van der Waals surface area contributed by atoms with E-state index in [0.717, 1.165) is 10.0 Å². The van der Waals surface area contributed by atoms with E-state index in [0.29, 0.717) is 5.75 Å². The molecule has 5 atom stereocenters. The summed E-state index contributed by atoms with van der Waals surface area (Å²) in [5.41, 5.74) is 1.03. The Morgan fingerprint density at radius 3 is 2.33 bits per heavy atom. The summed E-state index contributed by atoms with van der Waals surface area (Å²) >= 11 is 5.71. The highest BCUT2D eigenvalue weighted by atomic mass is 127. The van der Waals surface area contributed by atoms with Crippen LogP contribution in [0, 0.1) is 0 Å². The number of hydrogen-bond donors (Lipinski definition) is 0. The van der Waals surface area contributed by atoms with Gasteiger partial charge in [-0.3, -0.25) is 0 Å². The van der Waals surface area contributed by atoms with Gasteiger partial charge in [-0.05, 0) is 40.8 Å². The Morgan fingerprint density at radius 2 is 1.75 bits per heavy atom. The number of methoxy groups -OCH3 is 3. The molecular weight excluding hydrogens is 491 g/mol. The molecule has 0 saturated carbocycles. The van der Waals surface area contributed by atoms with Gasteiger partial charge in [0.15, 0.2) is 0 Å². The summed E-state index contributed by atoms with van der Waals surface area (Å²) in [7, 11) is 4.90. The van der Waals surface area contributed by atoms with Crippen LogP contribution in [0.2, 0.25) is 0 Å². The molecule has 1 heterocycles. The molecule has 0 radical (unpaired) electrons. The minimum absolute atomic E-state index is 0.180. The summed E-state index contributed by atoms with van der Waals surface area (Å²) in [4.78, 5) is 0. The average Bonchev–Trinajstić information content (AvgIpc) is 2.57. The first-order valence-corrected chi connectivity index (χ1v) is 9.56. The molecule has 1 aromatic carbocycles. The van der Waals surface area contributed by atoms with Gasteiger partial charge in [-0.2, -0.15) is 0 Å². The van der Waals surface area contributed by atoms with Crippen LogP contribution in [0.3, 0.4) is 0 Å². The van der Waals surface area contributed by atoms with Crippen LogP contribution in [-0.2, 0) is 18.9 Å². The first-order chi connectivity index (χ1) is 11.5. The Kier molecular flexibility index (Phi) is 7.96. The van der Waals surface area contributed by atoms with E-state index in [2.05, 4.69) is 38.5 Å². The summed E-state index contributed by atoms with van der Waals surface area (Å²) < 4.78 is 31.7. The predicted octanol–water partition coefficient (Wildman–Crippen LogP) is 4.02. The fourth-order valence-corrected chi connectivity index (χ4v) is 3.60. The lowest BCUT2D eigenvalue weighted by Crippen LogP contribution is -2.60. The molecule has 1 fully saturated rings. The van der Waals surface area contributed by atoms with Crippen LogP contribution in [0.4, 0.5) is 0 Å². The number of hydrogen-bond acceptors (Lipinski definition) is 5. The molecule has 1 aliphatic rings. The first kappa shape index (κ1) is 20.1. The zero-order valence-electron chi connectivity index (χ0n) is 14.1. The van der Waals surface area contributed by atoms with Crippen molar-refractivity contribution >= 4 is 44.6 Å². The summed E-state index contributed by atoms with van der Waals surface area (Å²) in [5.74, 6) is 0.702. The molecule has 0 bridgehead atoms. The second-order valence-electron chi connectivity index (χ2n) is 5.40. The number of benzene rings is 1. The highest BCUT2D eigenvalue weighted by Crippen LogP contribution is 2.30. The Labute approximate surface area is 164 Å². The summed E-state index contributed by atoms with van der Waals surface area (Å²) in [6.45, 7) is 1.94. The smallest absolute Gasteiger partial charge is 0.229 e. The molecule has 1 saturated heterocycles. The topological polar surface area (TPSA) is 46.2 Å². The fraction of sp³-hybridized carbons (Fsp3) is 0.529. The van der Waals surface area contributed by atoms with Gasteiger partial charge in [0.25, 0.3) is 0 Å². The van der Waals surface area contributed by atoms with Crippen LogP contribution < -0.4 is 4.74 Å². The molecule has 1 aliphatic heterocycles. The van der Waals surface area contributed by atoms with Gasteiger partial charge >= 0.3 is 0 Å². The maximum Gasteiger partial charge on any atom is 0.229 e. The maximum atomic E-state index is 6.06. The molecule has 2 rings (SSSR count). The molecule has 0 N–H and O–H groups in total. The van der Waals surface area contributed by atoms with Gasteiger partial charge < -0.3 is 23.7 Å². The van der Waals surface area contributed by atoms with Gasteiger partial charge in [0.2, 0.25) is 6.29 Å². The predicted molar refractivity (Wildman–Crippen MR) is 105 cm³/mol. The van der Waals surface area contributed by atoms with Gasteiger partial charge in [0.05, 0.1) is 6.10 Å². The molecule has 24 heavy (non-hydrogen) atoms. The Balaban J connectivity index is 2.23. The lowest BCUT2D eigenvalue weighted by Gasteiger charge is -2.43. The van der Waals surface area contributed by atoms with Crippen LogP contribution in [0.1, 0.15) is 12.5 Å². The molecule has 0 aliphatic carbocycles. The standard InChI is InChI=1S/C17H22BrIO5/c1-10-14(20-2)15(21-3)16(22-4)17(23-10)24-12-5-6-13(18)11(9-12)7-8-19/h5-10,14-17H,1-4H3/b8-7-/t10-,14-,15+,16+,17-/m0/s1. The minimum Gasteiger partial charge on any atom is -0.462 e. The zero-order valence-corrected chi connectivity index (χ0v) is 17.8. The van der Waals surface area contributed by atoms with Crippen molar-refractivity contribution in [3.8, 4) is 5.75 Å². The molecular formula is C17H22BrIO5. The van der Waals surface area contributed by atoms with Crippen molar-refractivity contribution in [2.24, 2.45) is 0 Å². The van der Waals surface area contributed by atoms with Crippen molar-refractivity contribution < 1.29 is 23.7 Å². The highest BCUT2D eigenvalue weighted by molar-refractivity contribution is 14.1. The normalized spacial score (nSPS) is 30.7. The van der Waals surface area contributed by atoms with E-state index in [1.54, 1.807) is 21.3 Å². The molecule has 0 unspecified atom stereocenters. The van der Waals surface area contributed by atoms with Crippen LogP contribution in [0.5, 0.6) is 5.75 Å². The van der Waals surface area contributed by atoms with Crippen LogP contribution in [0.15, 0.2) is 26.8 Å². The van der Waals surface area contributed by atoms with Gasteiger partial charge in [-0.15, -0.1) is 0 Å². The highest BCUT2D eigenvalue weighted by Gasteiger charge is 2.46. The molecule has 7 heteroatoms. The van der Waals surface area contributed by atoms with Gasteiger partial charge in [-0.1, -0.05) is 38.5 Å². The molecule has 0 spiro atoms. The molecule has 0 aromatic heterocycles. The van der Waals surface area contributed by atoms with Gasteiger partial charge in [0, 0.05) is 25.8 Å². The average molecular weight is 513 g/mol. The summed E-state index contributed by atoms with van der Waals surface area (Å²) in [6.07, 6.45) is 0.331. The van der Waals surface area contributed by atoms with E-state index in [1.165, 1.54) is 0 Å². The Hall–Kier alpha value is -0.190. The van der Waals surface area contributed by atoms with Crippen LogP contribution >= 0.6 is 38.5 Å². The first-order valence-electron chi connectivity index (χ1n) is 7.52. The Bertz CT molecular complexity index is 568. The fourth-order valence-electron chi connectivity index (χ4n) is 2.83.